The molecule has 1 aromatic heterocycles. The summed E-state index contributed by atoms with van der Waals surface area (Å²) >= 11 is 1.57. The van der Waals surface area contributed by atoms with Gasteiger partial charge in [-0.25, -0.2) is 4.98 Å². The summed E-state index contributed by atoms with van der Waals surface area (Å²) in [6.45, 7) is 6.81. The van der Waals surface area contributed by atoms with Crippen LogP contribution in [-0.4, -0.2) is 16.9 Å². The highest BCUT2D eigenvalue weighted by Crippen LogP contribution is 2.23. The number of amides is 1. The molecule has 0 saturated heterocycles. The van der Waals surface area contributed by atoms with Gasteiger partial charge < -0.3 is 11.1 Å². The van der Waals surface area contributed by atoms with E-state index in [4.69, 9.17) is 5.73 Å². The quantitative estimate of drug-likeness (QED) is 0.822. The fourth-order valence-corrected chi connectivity index (χ4v) is 2.95. The highest BCUT2D eigenvalue weighted by molar-refractivity contribution is 7.09. The van der Waals surface area contributed by atoms with E-state index in [9.17, 15) is 4.79 Å². The molecule has 1 amide bonds. The van der Waals surface area contributed by atoms with Gasteiger partial charge in [-0.2, -0.15) is 0 Å². The Morgan fingerprint density at radius 1 is 1.25 bits per heavy atom. The average Bonchev–Trinajstić information content (AvgIpc) is 2.94. The molecule has 1 heterocycles. The molecule has 7 heteroatoms. The zero-order chi connectivity index (χ0) is 16.2. The predicted octanol–water partition coefficient (Wildman–Crippen LogP) is 3.47. The van der Waals surface area contributed by atoms with Crippen LogP contribution in [0.4, 0.5) is 0 Å². The van der Waals surface area contributed by atoms with Gasteiger partial charge in [-0.3, -0.25) is 4.79 Å². The number of benzene rings is 1. The Morgan fingerprint density at radius 3 is 2.42 bits per heavy atom. The molecule has 2 rings (SSSR count). The van der Waals surface area contributed by atoms with Crippen LogP contribution in [0.3, 0.4) is 0 Å². The van der Waals surface area contributed by atoms with Crippen LogP contribution in [0.15, 0.2) is 35.7 Å². The molecule has 134 valence electrons. The Kier molecular flexibility index (Phi) is 9.51. The van der Waals surface area contributed by atoms with Crippen molar-refractivity contribution < 1.29 is 4.79 Å². The lowest BCUT2D eigenvalue weighted by Crippen LogP contribution is -2.41. The van der Waals surface area contributed by atoms with Gasteiger partial charge in [-0.15, -0.1) is 36.2 Å². The minimum absolute atomic E-state index is 0. The van der Waals surface area contributed by atoms with E-state index in [1.54, 1.807) is 11.3 Å². The molecular weight excluding hydrogens is 365 g/mol. The molecule has 0 aliphatic heterocycles. The third-order valence-electron chi connectivity index (χ3n) is 3.37. The van der Waals surface area contributed by atoms with Crippen LogP contribution in [0.2, 0.25) is 0 Å². The number of nitrogens with one attached hydrogen (secondary N) is 1. The summed E-state index contributed by atoms with van der Waals surface area (Å²) in [6, 6.07) is 9.26. The maximum absolute atomic E-state index is 12.1. The third-order valence-corrected chi connectivity index (χ3v) is 4.22. The number of hydrogen-bond acceptors (Lipinski definition) is 4. The van der Waals surface area contributed by atoms with E-state index in [0.717, 1.165) is 16.3 Å². The standard InChI is InChI=1S/C17H23N3OS.2ClH/c1-17(2,3)14-11-22-15(20-14)10-19-16(21)13(18)9-12-7-5-4-6-8-12;;/h4-8,11,13H,9-10,18H2,1-3H3,(H,19,21);2*1H. The molecule has 1 atom stereocenters. The first kappa shape index (κ1) is 22.9. The topological polar surface area (TPSA) is 68.0 Å². The van der Waals surface area contributed by atoms with Crippen LogP contribution in [-0.2, 0) is 23.2 Å². The first-order valence-corrected chi connectivity index (χ1v) is 8.26. The summed E-state index contributed by atoms with van der Waals surface area (Å²) in [4.78, 5) is 16.6. The number of thiazole rings is 1. The van der Waals surface area contributed by atoms with Gasteiger partial charge in [0.25, 0.3) is 0 Å². The van der Waals surface area contributed by atoms with E-state index in [1.807, 2.05) is 35.7 Å². The Morgan fingerprint density at radius 2 is 1.88 bits per heavy atom. The van der Waals surface area contributed by atoms with Gasteiger partial charge >= 0.3 is 0 Å². The van der Waals surface area contributed by atoms with Crippen molar-refractivity contribution in [3.05, 3.63) is 52.0 Å². The second-order valence-corrected chi connectivity index (χ2v) is 7.33. The molecule has 4 nitrogen and oxygen atoms in total. The van der Waals surface area contributed by atoms with Crippen LogP contribution < -0.4 is 11.1 Å². The van der Waals surface area contributed by atoms with Crippen molar-refractivity contribution in [2.45, 2.75) is 45.2 Å². The number of aromatic nitrogens is 1. The molecule has 3 N–H and O–H groups in total. The van der Waals surface area contributed by atoms with Gasteiger partial charge in [0.05, 0.1) is 18.3 Å². The van der Waals surface area contributed by atoms with E-state index in [2.05, 4.69) is 31.1 Å². The van der Waals surface area contributed by atoms with Gasteiger partial charge in [0.2, 0.25) is 5.91 Å². The third kappa shape index (κ3) is 6.77. The minimum atomic E-state index is -0.538. The molecule has 0 spiro atoms. The second-order valence-electron chi connectivity index (χ2n) is 6.39. The number of carbonyl (C=O) groups is 1. The van der Waals surface area contributed by atoms with Crippen LogP contribution in [0.25, 0.3) is 0 Å². The molecule has 0 saturated carbocycles. The Labute approximate surface area is 160 Å². The first-order chi connectivity index (χ1) is 10.4. The Hall–Kier alpha value is -1.14. The van der Waals surface area contributed by atoms with E-state index in [0.29, 0.717) is 13.0 Å². The average molecular weight is 390 g/mol. The van der Waals surface area contributed by atoms with Crippen LogP contribution in [0.5, 0.6) is 0 Å². The second kappa shape index (κ2) is 9.99. The highest BCUT2D eigenvalue weighted by atomic mass is 35.5. The van der Waals surface area contributed by atoms with E-state index < -0.39 is 6.04 Å². The van der Waals surface area contributed by atoms with Crippen molar-refractivity contribution in [3.63, 3.8) is 0 Å². The summed E-state index contributed by atoms with van der Waals surface area (Å²) < 4.78 is 0. The predicted molar refractivity (Wildman–Crippen MR) is 105 cm³/mol. The van der Waals surface area contributed by atoms with Crippen molar-refractivity contribution >= 4 is 42.1 Å². The van der Waals surface area contributed by atoms with Crippen LogP contribution in [0, 0.1) is 0 Å². The smallest absolute Gasteiger partial charge is 0.237 e. The number of halogens is 2. The number of nitrogens with two attached hydrogens (primary N) is 1. The summed E-state index contributed by atoms with van der Waals surface area (Å²) in [5.41, 5.74) is 8.10. The minimum Gasteiger partial charge on any atom is -0.348 e. The van der Waals surface area contributed by atoms with Crippen LogP contribution >= 0.6 is 36.2 Å². The van der Waals surface area contributed by atoms with Gasteiger partial charge in [0.1, 0.15) is 5.01 Å². The fourth-order valence-electron chi connectivity index (χ4n) is 1.99. The van der Waals surface area contributed by atoms with E-state index in [1.165, 1.54) is 0 Å². The molecule has 0 bridgehead atoms. The van der Waals surface area contributed by atoms with Gasteiger partial charge in [0, 0.05) is 10.8 Å². The van der Waals surface area contributed by atoms with E-state index in [-0.39, 0.29) is 36.1 Å². The van der Waals surface area contributed by atoms with Gasteiger partial charge in [-0.1, -0.05) is 51.1 Å². The van der Waals surface area contributed by atoms with E-state index >= 15 is 0 Å². The Balaban J connectivity index is 0.00000264. The number of hydrogen-bond donors (Lipinski definition) is 2. The first-order valence-electron chi connectivity index (χ1n) is 7.38. The molecule has 0 radical (unpaired) electrons. The molecule has 0 aliphatic carbocycles. The molecule has 0 aliphatic rings. The van der Waals surface area contributed by atoms with Crippen molar-refractivity contribution in [1.29, 1.82) is 0 Å². The monoisotopic (exact) mass is 389 g/mol. The van der Waals surface area contributed by atoms with Crippen LogP contribution in [0.1, 0.15) is 37.0 Å². The van der Waals surface area contributed by atoms with Gasteiger partial charge in [0.15, 0.2) is 0 Å². The summed E-state index contributed by atoms with van der Waals surface area (Å²) in [6.07, 6.45) is 0.539. The number of nitrogens with zero attached hydrogens (tertiary/aromatic N) is 1. The highest BCUT2D eigenvalue weighted by Gasteiger charge is 2.18. The largest absolute Gasteiger partial charge is 0.348 e. The SMILES string of the molecule is CC(C)(C)c1csc(CNC(=O)C(N)Cc2ccccc2)n1.Cl.Cl. The van der Waals surface area contributed by atoms with Crippen molar-refractivity contribution in [2.75, 3.05) is 0 Å². The molecule has 0 fully saturated rings. The summed E-state index contributed by atoms with van der Waals surface area (Å²) in [5, 5.41) is 5.82. The zero-order valence-electron chi connectivity index (χ0n) is 14.1. The maximum Gasteiger partial charge on any atom is 0.237 e. The van der Waals surface area contributed by atoms with Crippen molar-refractivity contribution in [2.24, 2.45) is 5.73 Å². The number of carbonyl (C=O) groups excluding carboxylic acids is 1. The molecule has 24 heavy (non-hydrogen) atoms. The normalized spacial score (nSPS) is 11.8. The van der Waals surface area contributed by atoms with Crippen molar-refractivity contribution in [3.8, 4) is 0 Å². The maximum atomic E-state index is 12.1. The molecule has 1 aromatic carbocycles. The zero-order valence-corrected chi connectivity index (χ0v) is 16.6. The molecule has 2 aromatic rings. The molecule has 1 unspecified atom stereocenters. The van der Waals surface area contributed by atoms with Gasteiger partial charge in [-0.05, 0) is 12.0 Å². The lowest BCUT2D eigenvalue weighted by molar-refractivity contribution is -0.122. The lowest BCUT2D eigenvalue weighted by atomic mass is 9.93. The summed E-state index contributed by atoms with van der Waals surface area (Å²) in [7, 11) is 0. The number of rotatable bonds is 5. The lowest BCUT2D eigenvalue weighted by Gasteiger charge is -2.14. The fraction of sp³-hybridized carbons (Fsp3) is 0.412. The van der Waals surface area contributed by atoms with Crippen molar-refractivity contribution in [1.82, 2.24) is 10.3 Å². The molecular formula is C17H25Cl2N3OS. The summed E-state index contributed by atoms with van der Waals surface area (Å²) in [5.74, 6) is -0.142. The Bertz CT molecular complexity index is 626.